The SMILES string of the molecule is Cc1c(C(N)=O)cc(C(=O)CN(Cc2ccc(N3CCOCC3)cc2)C(=O)CC2CCCCC2)n1CCc1ccccc1. The number of carbonyl (C=O) groups is 3. The number of anilines is 1. The van der Waals surface area contributed by atoms with Crippen LogP contribution >= 0.6 is 0 Å². The van der Waals surface area contributed by atoms with Gasteiger partial charge in [0.25, 0.3) is 5.91 Å². The number of carbonyl (C=O) groups excluding carboxylic acids is 3. The van der Waals surface area contributed by atoms with Crippen LogP contribution < -0.4 is 10.6 Å². The summed E-state index contributed by atoms with van der Waals surface area (Å²) in [5, 5.41) is 0. The smallest absolute Gasteiger partial charge is 0.250 e. The van der Waals surface area contributed by atoms with Gasteiger partial charge in [-0.05, 0) is 61.4 Å². The number of amides is 2. The molecule has 2 aromatic carbocycles. The van der Waals surface area contributed by atoms with E-state index in [0.717, 1.165) is 68.8 Å². The van der Waals surface area contributed by atoms with Crippen molar-refractivity contribution >= 4 is 23.3 Å². The number of benzene rings is 2. The lowest BCUT2D eigenvalue weighted by atomic mass is 9.86. The van der Waals surface area contributed by atoms with Gasteiger partial charge in [0, 0.05) is 44.0 Å². The molecule has 0 radical (unpaired) electrons. The van der Waals surface area contributed by atoms with Gasteiger partial charge >= 0.3 is 0 Å². The summed E-state index contributed by atoms with van der Waals surface area (Å²) in [7, 11) is 0. The van der Waals surface area contributed by atoms with Gasteiger partial charge < -0.3 is 24.8 Å². The average Bonchev–Trinajstić information content (AvgIpc) is 3.37. The average molecular weight is 585 g/mol. The zero-order chi connectivity index (χ0) is 30.2. The van der Waals surface area contributed by atoms with Crippen molar-refractivity contribution in [3.05, 3.63) is 88.7 Å². The van der Waals surface area contributed by atoms with Crippen LogP contribution in [0.4, 0.5) is 5.69 Å². The van der Waals surface area contributed by atoms with Gasteiger partial charge in [0.1, 0.15) is 0 Å². The normalized spacial score (nSPS) is 15.8. The Bertz CT molecular complexity index is 1390. The Morgan fingerprint density at radius 3 is 2.30 bits per heavy atom. The van der Waals surface area contributed by atoms with Crippen molar-refractivity contribution < 1.29 is 19.1 Å². The highest BCUT2D eigenvalue weighted by molar-refractivity contribution is 6.02. The van der Waals surface area contributed by atoms with E-state index in [1.165, 1.54) is 6.42 Å². The molecule has 2 N–H and O–H groups in total. The molecule has 3 aromatic rings. The van der Waals surface area contributed by atoms with E-state index in [1.807, 2.05) is 54.0 Å². The molecule has 0 atom stereocenters. The summed E-state index contributed by atoms with van der Waals surface area (Å²) >= 11 is 0. The van der Waals surface area contributed by atoms with E-state index in [2.05, 4.69) is 17.0 Å². The number of Topliss-reactive ketones (excluding diaryl/α,β-unsaturated/α-hetero) is 1. The Labute approximate surface area is 254 Å². The Kier molecular flexibility index (Phi) is 10.3. The van der Waals surface area contributed by atoms with Gasteiger partial charge in [-0.25, -0.2) is 0 Å². The zero-order valence-electron chi connectivity index (χ0n) is 25.3. The monoisotopic (exact) mass is 584 g/mol. The molecule has 1 saturated carbocycles. The fraction of sp³-hybridized carbons (Fsp3) is 0.457. The van der Waals surface area contributed by atoms with Gasteiger partial charge in [-0.15, -0.1) is 0 Å². The molecule has 0 bridgehead atoms. The topological polar surface area (TPSA) is 97.9 Å². The predicted molar refractivity (Wildman–Crippen MR) is 168 cm³/mol. The maximum absolute atomic E-state index is 13.9. The third-order valence-corrected chi connectivity index (χ3v) is 8.95. The molecule has 1 aliphatic carbocycles. The summed E-state index contributed by atoms with van der Waals surface area (Å²) in [5.41, 5.74) is 10.4. The maximum atomic E-state index is 13.9. The van der Waals surface area contributed by atoms with Crippen LogP contribution in [0, 0.1) is 12.8 Å². The van der Waals surface area contributed by atoms with E-state index in [1.54, 1.807) is 11.0 Å². The first-order valence-corrected chi connectivity index (χ1v) is 15.7. The highest BCUT2D eigenvalue weighted by Gasteiger charge is 2.26. The van der Waals surface area contributed by atoms with E-state index in [0.29, 0.717) is 48.8 Å². The van der Waals surface area contributed by atoms with Crippen molar-refractivity contribution in [2.45, 2.75) is 65.0 Å². The molecule has 1 aliphatic heterocycles. The Morgan fingerprint density at radius 2 is 1.63 bits per heavy atom. The number of primary amides is 1. The van der Waals surface area contributed by atoms with Crippen molar-refractivity contribution in [2.24, 2.45) is 11.7 Å². The second-order valence-corrected chi connectivity index (χ2v) is 11.9. The molecule has 2 fully saturated rings. The Morgan fingerprint density at radius 1 is 0.930 bits per heavy atom. The van der Waals surface area contributed by atoms with Crippen LogP contribution in [0.15, 0.2) is 60.7 Å². The highest BCUT2D eigenvalue weighted by atomic mass is 16.5. The predicted octanol–water partition coefficient (Wildman–Crippen LogP) is 5.16. The number of aryl methyl sites for hydroxylation is 1. The summed E-state index contributed by atoms with van der Waals surface area (Å²) in [5.74, 6) is -0.381. The standard InChI is InChI=1S/C35H44N4O4/c1-26-31(35(36)42)23-32(39(26)17-16-27-8-4-2-5-9-27)33(40)25-38(34(41)22-28-10-6-3-7-11-28)24-29-12-14-30(15-13-29)37-18-20-43-21-19-37/h2,4-5,8-9,12-15,23,28H,3,6-7,10-11,16-22,24-25H2,1H3,(H2,36,42). The minimum Gasteiger partial charge on any atom is -0.378 e. The first kappa shape index (κ1) is 30.5. The molecular formula is C35H44N4O4. The fourth-order valence-electron chi connectivity index (χ4n) is 6.41. The largest absolute Gasteiger partial charge is 0.378 e. The van der Waals surface area contributed by atoms with Crippen LogP contribution in [0.3, 0.4) is 0 Å². The maximum Gasteiger partial charge on any atom is 0.250 e. The van der Waals surface area contributed by atoms with Crippen molar-refractivity contribution in [1.82, 2.24) is 9.47 Å². The molecule has 1 aromatic heterocycles. The number of rotatable bonds is 12. The number of nitrogens with zero attached hydrogens (tertiary/aromatic N) is 3. The first-order chi connectivity index (χ1) is 20.9. The molecule has 228 valence electrons. The van der Waals surface area contributed by atoms with E-state index < -0.39 is 5.91 Å². The molecule has 1 saturated heterocycles. The second-order valence-electron chi connectivity index (χ2n) is 11.9. The third kappa shape index (κ3) is 7.93. The summed E-state index contributed by atoms with van der Waals surface area (Å²) in [6.45, 7) is 5.81. The highest BCUT2D eigenvalue weighted by Crippen LogP contribution is 2.28. The zero-order valence-corrected chi connectivity index (χ0v) is 25.3. The van der Waals surface area contributed by atoms with Gasteiger partial charge in [-0.2, -0.15) is 0 Å². The Hall–Kier alpha value is -3.91. The molecule has 0 spiro atoms. The van der Waals surface area contributed by atoms with Gasteiger partial charge in [0.15, 0.2) is 5.78 Å². The summed E-state index contributed by atoms with van der Waals surface area (Å²) < 4.78 is 7.37. The number of ketones is 1. The van der Waals surface area contributed by atoms with Crippen molar-refractivity contribution in [3.63, 3.8) is 0 Å². The number of hydrogen-bond acceptors (Lipinski definition) is 5. The van der Waals surface area contributed by atoms with Crippen LogP contribution in [0.1, 0.15) is 76.2 Å². The molecule has 2 amide bonds. The summed E-state index contributed by atoms with van der Waals surface area (Å²) in [6, 6.07) is 19.9. The van der Waals surface area contributed by atoms with Crippen molar-refractivity contribution in [1.29, 1.82) is 0 Å². The number of nitrogens with two attached hydrogens (primary N) is 1. The lowest BCUT2D eigenvalue weighted by Crippen LogP contribution is -2.37. The van der Waals surface area contributed by atoms with Crippen molar-refractivity contribution in [3.8, 4) is 0 Å². The van der Waals surface area contributed by atoms with Crippen LogP contribution in [-0.4, -0.2) is 59.9 Å². The lowest BCUT2D eigenvalue weighted by molar-refractivity contribution is -0.132. The molecule has 0 unspecified atom stereocenters. The lowest BCUT2D eigenvalue weighted by Gasteiger charge is -2.29. The fourth-order valence-corrected chi connectivity index (χ4v) is 6.41. The molecule has 8 nitrogen and oxygen atoms in total. The minimum atomic E-state index is -0.560. The van der Waals surface area contributed by atoms with Gasteiger partial charge in [-0.1, -0.05) is 61.7 Å². The third-order valence-electron chi connectivity index (χ3n) is 8.95. The van der Waals surface area contributed by atoms with E-state index in [-0.39, 0.29) is 18.2 Å². The molecular weight excluding hydrogens is 540 g/mol. The Balaban J connectivity index is 1.36. The van der Waals surface area contributed by atoms with Gasteiger partial charge in [0.05, 0.1) is 31.0 Å². The minimum absolute atomic E-state index is 0.00624. The first-order valence-electron chi connectivity index (χ1n) is 15.7. The van der Waals surface area contributed by atoms with Crippen LogP contribution in [0.25, 0.3) is 0 Å². The number of morpholine rings is 1. The van der Waals surface area contributed by atoms with Gasteiger partial charge in [0.2, 0.25) is 5.91 Å². The quantitative estimate of drug-likeness (QED) is 0.297. The van der Waals surface area contributed by atoms with Crippen molar-refractivity contribution in [2.75, 3.05) is 37.7 Å². The van der Waals surface area contributed by atoms with E-state index in [9.17, 15) is 14.4 Å². The summed E-state index contributed by atoms with van der Waals surface area (Å²) in [4.78, 5) is 43.9. The number of aromatic nitrogens is 1. The number of hydrogen-bond donors (Lipinski definition) is 1. The van der Waals surface area contributed by atoms with E-state index in [4.69, 9.17) is 10.5 Å². The second kappa shape index (κ2) is 14.5. The number of ether oxygens (including phenoxy) is 1. The van der Waals surface area contributed by atoms with Gasteiger partial charge in [-0.3, -0.25) is 14.4 Å². The molecule has 43 heavy (non-hydrogen) atoms. The van der Waals surface area contributed by atoms with Crippen LogP contribution in [0.2, 0.25) is 0 Å². The molecule has 5 rings (SSSR count). The molecule has 2 heterocycles. The van der Waals surface area contributed by atoms with Crippen LogP contribution in [0.5, 0.6) is 0 Å². The summed E-state index contributed by atoms with van der Waals surface area (Å²) in [6.07, 6.45) is 6.82. The molecule has 2 aliphatic rings. The molecule has 8 heteroatoms. The van der Waals surface area contributed by atoms with E-state index >= 15 is 0 Å². The van der Waals surface area contributed by atoms with Crippen LogP contribution in [-0.2, 0) is 29.0 Å².